The molecule has 6 heteroatoms. The van der Waals surface area contributed by atoms with Gasteiger partial charge in [-0.2, -0.15) is 0 Å². The first-order chi connectivity index (χ1) is 9.70. The Kier molecular flexibility index (Phi) is 8.08. The topological polar surface area (TPSA) is 95.9 Å². The standard InChI is InChI=1S/C13H21NO.C2H2O4/c1-13(2,3)11-7-5-6-8-12(11)15-10-9-14-4;3-1(4)2(5)6/h5-8,14H,9-10H2,1-4H3;(H,3,4)(H,5,6). The van der Waals surface area contributed by atoms with Crippen LogP contribution < -0.4 is 10.1 Å². The number of nitrogens with one attached hydrogen (secondary N) is 1. The fraction of sp³-hybridized carbons (Fsp3) is 0.467. The van der Waals surface area contributed by atoms with Gasteiger partial charge in [-0.3, -0.25) is 0 Å². The molecule has 1 rings (SSSR count). The predicted octanol–water partition coefficient (Wildman–Crippen LogP) is 1.74. The second kappa shape index (κ2) is 8.97. The molecule has 1 aromatic carbocycles. The zero-order chi connectivity index (χ0) is 16.5. The molecule has 0 radical (unpaired) electrons. The van der Waals surface area contributed by atoms with E-state index in [4.69, 9.17) is 24.5 Å². The van der Waals surface area contributed by atoms with Crippen molar-refractivity contribution in [2.75, 3.05) is 20.2 Å². The molecule has 0 aliphatic heterocycles. The molecule has 0 aliphatic carbocycles. The summed E-state index contributed by atoms with van der Waals surface area (Å²) in [7, 11) is 1.93. The van der Waals surface area contributed by atoms with E-state index in [1.165, 1.54) is 5.56 Å². The lowest BCUT2D eigenvalue weighted by Crippen LogP contribution is -2.18. The lowest BCUT2D eigenvalue weighted by Gasteiger charge is -2.22. The van der Waals surface area contributed by atoms with Gasteiger partial charge in [-0.15, -0.1) is 0 Å². The van der Waals surface area contributed by atoms with Crippen molar-refractivity contribution in [3.8, 4) is 5.75 Å². The second-order valence-corrected chi connectivity index (χ2v) is 5.31. The van der Waals surface area contributed by atoms with E-state index < -0.39 is 11.9 Å². The van der Waals surface area contributed by atoms with Gasteiger partial charge in [0.05, 0.1) is 0 Å². The average Bonchev–Trinajstić information content (AvgIpc) is 2.39. The van der Waals surface area contributed by atoms with Gasteiger partial charge >= 0.3 is 11.9 Å². The Labute approximate surface area is 124 Å². The smallest absolute Gasteiger partial charge is 0.414 e. The average molecular weight is 297 g/mol. The molecule has 6 nitrogen and oxygen atoms in total. The fourth-order valence-electron chi connectivity index (χ4n) is 1.48. The molecule has 0 aromatic heterocycles. The number of carboxylic acid groups (broad SMARTS) is 2. The van der Waals surface area contributed by atoms with E-state index in [9.17, 15) is 0 Å². The van der Waals surface area contributed by atoms with Gasteiger partial charge in [0.15, 0.2) is 0 Å². The summed E-state index contributed by atoms with van der Waals surface area (Å²) < 4.78 is 5.74. The molecule has 0 bridgehead atoms. The van der Waals surface area contributed by atoms with Gasteiger partial charge < -0.3 is 20.3 Å². The highest BCUT2D eigenvalue weighted by atomic mass is 16.5. The van der Waals surface area contributed by atoms with E-state index in [-0.39, 0.29) is 5.41 Å². The highest BCUT2D eigenvalue weighted by molar-refractivity contribution is 6.27. The molecule has 1 aromatic rings. The normalized spacial score (nSPS) is 10.3. The number of aliphatic carboxylic acids is 2. The highest BCUT2D eigenvalue weighted by Crippen LogP contribution is 2.30. The van der Waals surface area contributed by atoms with Gasteiger partial charge in [0.1, 0.15) is 12.4 Å². The Bertz CT molecular complexity index is 453. The Morgan fingerprint density at radius 2 is 1.67 bits per heavy atom. The van der Waals surface area contributed by atoms with E-state index in [2.05, 4.69) is 38.2 Å². The van der Waals surface area contributed by atoms with Crippen LogP contribution >= 0.6 is 0 Å². The first kappa shape index (κ1) is 18.9. The van der Waals surface area contributed by atoms with Crippen molar-refractivity contribution in [2.45, 2.75) is 26.2 Å². The quantitative estimate of drug-likeness (QED) is 0.578. The number of likely N-dealkylation sites (N-methyl/N-ethyl adjacent to an activating group) is 1. The van der Waals surface area contributed by atoms with E-state index in [0.29, 0.717) is 6.61 Å². The third kappa shape index (κ3) is 7.94. The molecule has 118 valence electrons. The molecule has 0 saturated heterocycles. The summed E-state index contributed by atoms with van der Waals surface area (Å²) >= 11 is 0. The molecule has 0 aliphatic rings. The summed E-state index contributed by atoms with van der Waals surface area (Å²) in [5.74, 6) is -2.65. The lowest BCUT2D eigenvalue weighted by molar-refractivity contribution is -0.159. The van der Waals surface area contributed by atoms with Gasteiger partial charge in [-0.05, 0) is 24.1 Å². The first-order valence-electron chi connectivity index (χ1n) is 6.53. The minimum Gasteiger partial charge on any atom is -0.492 e. The number of benzene rings is 1. The van der Waals surface area contributed by atoms with E-state index in [0.717, 1.165) is 12.3 Å². The van der Waals surface area contributed by atoms with Crippen LogP contribution in [-0.4, -0.2) is 42.4 Å². The number of carboxylic acids is 2. The van der Waals surface area contributed by atoms with Crippen molar-refractivity contribution >= 4 is 11.9 Å². The maximum atomic E-state index is 9.10. The van der Waals surface area contributed by atoms with Crippen LogP contribution in [0.1, 0.15) is 26.3 Å². The van der Waals surface area contributed by atoms with Crippen LogP contribution in [0.25, 0.3) is 0 Å². The molecule has 0 unspecified atom stereocenters. The van der Waals surface area contributed by atoms with Crippen LogP contribution in [0.2, 0.25) is 0 Å². The fourth-order valence-corrected chi connectivity index (χ4v) is 1.48. The number of ether oxygens (including phenoxy) is 1. The van der Waals surface area contributed by atoms with Crippen LogP contribution in [0.3, 0.4) is 0 Å². The van der Waals surface area contributed by atoms with Crippen molar-refractivity contribution in [2.24, 2.45) is 0 Å². The minimum absolute atomic E-state index is 0.135. The summed E-state index contributed by atoms with van der Waals surface area (Å²) in [5, 5.41) is 17.9. The Morgan fingerprint density at radius 1 is 1.14 bits per heavy atom. The largest absolute Gasteiger partial charge is 0.492 e. The summed E-state index contributed by atoms with van der Waals surface area (Å²) in [6.45, 7) is 8.19. The lowest BCUT2D eigenvalue weighted by atomic mass is 9.86. The first-order valence-corrected chi connectivity index (χ1v) is 6.53. The summed E-state index contributed by atoms with van der Waals surface area (Å²) in [4.78, 5) is 18.2. The zero-order valence-corrected chi connectivity index (χ0v) is 12.8. The third-order valence-corrected chi connectivity index (χ3v) is 2.49. The molecule has 0 saturated carbocycles. The maximum Gasteiger partial charge on any atom is 0.414 e. The Hall–Kier alpha value is -2.08. The predicted molar refractivity (Wildman–Crippen MR) is 79.8 cm³/mol. The molecular weight excluding hydrogens is 274 g/mol. The second-order valence-electron chi connectivity index (χ2n) is 5.31. The number of hydrogen-bond donors (Lipinski definition) is 3. The van der Waals surface area contributed by atoms with Gasteiger partial charge in [0.2, 0.25) is 0 Å². The van der Waals surface area contributed by atoms with Crippen molar-refractivity contribution in [1.29, 1.82) is 0 Å². The maximum absolute atomic E-state index is 9.10. The highest BCUT2D eigenvalue weighted by Gasteiger charge is 2.17. The van der Waals surface area contributed by atoms with Gasteiger partial charge in [-0.25, -0.2) is 9.59 Å². The molecule has 3 N–H and O–H groups in total. The number of carbonyl (C=O) groups is 2. The summed E-state index contributed by atoms with van der Waals surface area (Å²) in [6.07, 6.45) is 0. The van der Waals surface area contributed by atoms with E-state index >= 15 is 0 Å². The Balaban J connectivity index is 0.000000567. The monoisotopic (exact) mass is 297 g/mol. The molecule has 21 heavy (non-hydrogen) atoms. The van der Waals surface area contributed by atoms with Crippen molar-refractivity contribution in [1.82, 2.24) is 5.32 Å². The molecule has 0 fully saturated rings. The molecular formula is C15H23NO5. The SMILES string of the molecule is CNCCOc1ccccc1C(C)(C)C.O=C(O)C(=O)O. The van der Waals surface area contributed by atoms with E-state index in [1.807, 2.05) is 19.2 Å². The summed E-state index contributed by atoms with van der Waals surface area (Å²) in [5.41, 5.74) is 1.40. The van der Waals surface area contributed by atoms with Crippen LogP contribution in [0.5, 0.6) is 5.75 Å². The molecule has 0 spiro atoms. The van der Waals surface area contributed by atoms with Crippen LogP contribution in [0.15, 0.2) is 24.3 Å². The number of para-hydroxylation sites is 1. The van der Waals surface area contributed by atoms with E-state index in [1.54, 1.807) is 0 Å². The molecule has 0 amide bonds. The third-order valence-electron chi connectivity index (χ3n) is 2.49. The van der Waals surface area contributed by atoms with Crippen LogP contribution in [-0.2, 0) is 15.0 Å². The molecule has 0 heterocycles. The van der Waals surface area contributed by atoms with Crippen LogP contribution in [0, 0.1) is 0 Å². The minimum atomic E-state index is -1.82. The number of rotatable bonds is 4. The molecule has 0 atom stereocenters. The van der Waals surface area contributed by atoms with Crippen molar-refractivity contribution < 1.29 is 24.5 Å². The van der Waals surface area contributed by atoms with Gasteiger partial charge in [0, 0.05) is 6.54 Å². The van der Waals surface area contributed by atoms with Gasteiger partial charge in [0.25, 0.3) is 0 Å². The zero-order valence-electron chi connectivity index (χ0n) is 12.8. The van der Waals surface area contributed by atoms with Crippen LogP contribution in [0.4, 0.5) is 0 Å². The Morgan fingerprint density at radius 3 is 2.10 bits per heavy atom. The van der Waals surface area contributed by atoms with Crippen molar-refractivity contribution in [3.05, 3.63) is 29.8 Å². The van der Waals surface area contributed by atoms with Gasteiger partial charge in [-0.1, -0.05) is 39.0 Å². The summed E-state index contributed by atoms with van der Waals surface area (Å²) in [6, 6.07) is 8.25. The van der Waals surface area contributed by atoms with Crippen molar-refractivity contribution in [3.63, 3.8) is 0 Å². The number of hydrogen-bond acceptors (Lipinski definition) is 4.